The second-order valence-electron chi connectivity index (χ2n) is 12.0. The van der Waals surface area contributed by atoms with Crippen molar-refractivity contribution in [2.75, 3.05) is 4.57 Å². The molecule has 1 aromatic rings. The Bertz CT molecular complexity index is 674. The summed E-state index contributed by atoms with van der Waals surface area (Å²) < 4.78 is 3.02. The summed E-state index contributed by atoms with van der Waals surface area (Å²) in [6.07, 6.45) is 1.24. The first-order chi connectivity index (χ1) is 13.8. The Morgan fingerprint density at radius 2 is 1.13 bits per heavy atom. The van der Waals surface area contributed by atoms with Gasteiger partial charge in [0.05, 0.1) is 8.07 Å². The molecule has 2 rings (SSSR count). The summed E-state index contributed by atoms with van der Waals surface area (Å²) in [5.74, 6) is 0. The predicted octanol–water partition coefficient (Wildman–Crippen LogP) is 8.50. The van der Waals surface area contributed by atoms with Crippen molar-refractivity contribution >= 4 is 27.2 Å². The van der Waals surface area contributed by atoms with E-state index in [-0.39, 0.29) is 0 Å². The van der Waals surface area contributed by atoms with Gasteiger partial charge in [0.25, 0.3) is 0 Å². The van der Waals surface area contributed by atoms with E-state index < -0.39 is 16.3 Å². The molecule has 1 atom stereocenters. The highest BCUT2D eigenvalue weighted by Crippen LogP contribution is 2.51. The van der Waals surface area contributed by atoms with Gasteiger partial charge in [-0.3, -0.25) is 0 Å². The largest absolute Gasteiger partial charge is 0.394 e. The van der Waals surface area contributed by atoms with Crippen LogP contribution in [0.1, 0.15) is 95.6 Å². The van der Waals surface area contributed by atoms with Gasteiger partial charge >= 0.3 is 0 Å². The van der Waals surface area contributed by atoms with E-state index in [1.165, 1.54) is 6.42 Å². The van der Waals surface area contributed by atoms with Gasteiger partial charge in [0.1, 0.15) is 0 Å². The molecule has 0 amide bonds. The van der Waals surface area contributed by atoms with Crippen LogP contribution >= 0.6 is 0 Å². The van der Waals surface area contributed by atoms with Crippen LogP contribution in [-0.2, 0) is 6.42 Å². The number of fused-ring (bicyclic) bond motifs is 1. The summed E-state index contributed by atoms with van der Waals surface area (Å²) in [5.41, 5.74) is 7.86. The van der Waals surface area contributed by atoms with Gasteiger partial charge in [0, 0.05) is 11.7 Å². The minimum absolute atomic E-state index is 0.623. The summed E-state index contributed by atoms with van der Waals surface area (Å²) >= 11 is 0. The van der Waals surface area contributed by atoms with Gasteiger partial charge in [-0.15, -0.1) is 0 Å². The van der Waals surface area contributed by atoms with Gasteiger partial charge in [0.2, 0.25) is 0 Å². The maximum Gasteiger partial charge on any atom is 0.164 e. The van der Waals surface area contributed by atoms with Crippen LogP contribution in [0.25, 0.3) is 0 Å². The third-order valence-corrected chi connectivity index (χ3v) is 23.1. The van der Waals surface area contributed by atoms with Crippen molar-refractivity contribution in [3.05, 3.63) is 23.8 Å². The maximum absolute atomic E-state index is 3.02. The second-order valence-corrected chi connectivity index (χ2v) is 23.6. The van der Waals surface area contributed by atoms with Crippen LogP contribution in [0.15, 0.2) is 18.2 Å². The first-order valence-electron chi connectivity index (χ1n) is 12.7. The van der Waals surface area contributed by atoms with E-state index in [0.29, 0.717) is 6.04 Å². The molecular formula is C27H51NSi2. The molecule has 172 valence electrons. The maximum atomic E-state index is 3.02. The number of hydrogen-bond acceptors (Lipinski definition) is 1. The molecule has 0 radical (unpaired) electrons. The Morgan fingerprint density at radius 3 is 1.50 bits per heavy atom. The van der Waals surface area contributed by atoms with Gasteiger partial charge in [-0.25, -0.2) is 0 Å². The van der Waals surface area contributed by atoms with Crippen molar-refractivity contribution in [2.24, 2.45) is 0 Å². The lowest BCUT2D eigenvalue weighted by molar-refractivity contribution is 0.704. The normalized spacial score (nSPS) is 18.1. The smallest absolute Gasteiger partial charge is 0.164 e. The fraction of sp³-hybridized carbons (Fsp3) is 0.778. The van der Waals surface area contributed by atoms with Crippen LogP contribution in [0.2, 0.25) is 33.2 Å². The van der Waals surface area contributed by atoms with E-state index in [1.54, 1.807) is 16.4 Å². The first kappa shape index (κ1) is 25.7. The highest BCUT2D eigenvalue weighted by molar-refractivity contribution is 6.95. The summed E-state index contributed by atoms with van der Waals surface area (Å²) in [7, 11) is -3.40. The molecule has 0 saturated carbocycles. The zero-order chi connectivity index (χ0) is 23.2. The predicted molar refractivity (Wildman–Crippen MR) is 144 cm³/mol. The van der Waals surface area contributed by atoms with Gasteiger partial charge in [-0.2, -0.15) is 0 Å². The van der Waals surface area contributed by atoms with E-state index in [2.05, 4.69) is 113 Å². The van der Waals surface area contributed by atoms with Gasteiger partial charge in [-0.1, -0.05) is 100 Å². The molecule has 1 heterocycles. The molecule has 0 bridgehead atoms. The summed E-state index contributed by atoms with van der Waals surface area (Å²) in [6, 6.07) is 8.06. The van der Waals surface area contributed by atoms with Crippen LogP contribution in [-0.4, -0.2) is 22.4 Å². The highest BCUT2D eigenvalue weighted by Gasteiger charge is 2.54. The molecule has 30 heavy (non-hydrogen) atoms. The van der Waals surface area contributed by atoms with E-state index in [1.807, 2.05) is 0 Å². The molecular weight excluding hydrogens is 394 g/mol. The molecule has 0 aromatic heterocycles. The molecule has 0 fully saturated rings. The fourth-order valence-corrected chi connectivity index (χ4v) is 22.6. The van der Waals surface area contributed by atoms with E-state index in [9.17, 15) is 0 Å². The molecule has 0 aliphatic carbocycles. The molecule has 1 aromatic carbocycles. The van der Waals surface area contributed by atoms with E-state index >= 15 is 0 Å². The van der Waals surface area contributed by atoms with Crippen molar-refractivity contribution in [2.45, 2.75) is 136 Å². The summed E-state index contributed by atoms with van der Waals surface area (Å²) in [4.78, 5) is 0. The number of anilines is 1. The lowest BCUT2D eigenvalue weighted by atomic mass is 10.1. The molecule has 1 aliphatic heterocycles. The molecule has 0 unspecified atom stereocenters. The molecule has 1 nitrogen and oxygen atoms in total. The fourth-order valence-electron chi connectivity index (χ4n) is 8.40. The first-order valence-corrected chi connectivity index (χ1v) is 17.1. The Hall–Kier alpha value is -0.546. The number of hydrogen-bond donors (Lipinski definition) is 0. The van der Waals surface area contributed by atoms with Crippen molar-refractivity contribution in [1.29, 1.82) is 0 Å². The Labute approximate surface area is 191 Å². The van der Waals surface area contributed by atoms with Crippen LogP contribution in [0.4, 0.5) is 5.69 Å². The van der Waals surface area contributed by atoms with Crippen LogP contribution in [0.5, 0.6) is 0 Å². The molecule has 3 heteroatoms. The van der Waals surface area contributed by atoms with E-state index in [0.717, 1.165) is 33.2 Å². The van der Waals surface area contributed by atoms with Gasteiger partial charge < -0.3 is 4.57 Å². The van der Waals surface area contributed by atoms with Gasteiger partial charge in [0.15, 0.2) is 8.24 Å². The van der Waals surface area contributed by atoms with E-state index in [4.69, 9.17) is 0 Å². The standard InChI is InChI=1S/C27H51NSi2/c1-18(2)29(19(3)4,20(5)6)27-16-14-15-26-25(27)17-24(13)28(26)30(21(7)8,22(9)10)23(11)12/h14-16,18-24H,17H2,1-13H3/t24-/m1/s1. The van der Waals surface area contributed by atoms with Crippen molar-refractivity contribution in [1.82, 2.24) is 0 Å². The number of nitrogens with zero attached hydrogens (tertiary/aromatic N) is 1. The van der Waals surface area contributed by atoms with Crippen LogP contribution < -0.4 is 9.75 Å². The average molecular weight is 446 g/mol. The lowest BCUT2D eigenvalue weighted by Gasteiger charge is -2.53. The minimum Gasteiger partial charge on any atom is -0.394 e. The van der Waals surface area contributed by atoms with Crippen molar-refractivity contribution < 1.29 is 0 Å². The van der Waals surface area contributed by atoms with Crippen LogP contribution in [0.3, 0.4) is 0 Å². The third-order valence-electron chi connectivity index (χ3n) is 8.88. The Morgan fingerprint density at radius 1 is 0.700 bits per heavy atom. The Kier molecular flexibility index (Phi) is 7.83. The number of benzene rings is 1. The highest BCUT2D eigenvalue weighted by atomic mass is 28.3. The number of rotatable bonds is 8. The molecule has 0 N–H and O–H groups in total. The molecule has 0 spiro atoms. The van der Waals surface area contributed by atoms with Crippen molar-refractivity contribution in [3.8, 4) is 0 Å². The third kappa shape index (κ3) is 3.56. The SMILES string of the molecule is CC(C)[Si](c1cccc2c1C[C@@H](C)N2[Si](C(C)C)(C(C)C)C(C)C)(C(C)C)C(C)C. The second kappa shape index (κ2) is 9.13. The quantitative estimate of drug-likeness (QED) is 0.362. The zero-order valence-electron chi connectivity index (χ0n) is 22.4. The van der Waals surface area contributed by atoms with Crippen molar-refractivity contribution in [3.63, 3.8) is 0 Å². The van der Waals surface area contributed by atoms with Crippen LogP contribution in [0, 0.1) is 0 Å². The molecule has 1 aliphatic rings. The summed E-state index contributed by atoms with van der Waals surface area (Å²) in [6.45, 7) is 32.6. The summed E-state index contributed by atoms with van der Waals surface area (Å²) in [5, 5.41) is 1.79. The Balaban J connectivity index is 2.84. The lowest BCUT2D eigenvalue weighted by Crippen LogP contribution is -2.62. The topological polar surface area (TPSA) is 3.24 Å². The van der Waals surface area contributed by atoms with Gasteiger partial charge in [-0.05, 0) is 58.2 Å². The minimum atomic E-state index is -1.72. The zero-order valence-corrected chi connectivity index (χ0v) is 24.4. The molecule has 0 saturated heterocycles. The average Bonchev–Trinajstić information content (AvgIpc) is 2.91. The monoisotopic (exact) mass is 445 g/mol.